The summed E-state index contributed by atoms with van der Waals surface area (Å²) in [6.07, 6.45) is 4.75. The highest BCUT2D eigenvalue weighted by Crippen LogP contribution is 2.24. The Morgan fingerprint density at radius 3 is 2.91 bits per heavy atom. The molecule has 2 aromatic rings. The number of aromatic nitrogens is 2. The van der Waals surface area contributed by atoms with E-state index in [4.69, 9.17) is 11.6 Å². The van der Waals surface area contributed by atoms with Crippen LogP contribution in [0, 0.1) is 0 Å². The number of benzene rings is 1. The van der Waals surface area contributed by atoms with Crippen LogP contribution in [-0.2, 0) is 11.3 Å². The van der Waals surface area contributed by atoms with Crippen LogP contribution >= 0.6 is 11.6 Å². The maximum atomic E-state index is 12.4. The number of alkyl halides is 2. The zero-order valence-electron chi connectivity index (χ0n) is 11.7. The predicted octanol–water partition coefficient (Wildman–Crippen LogP) is 3.02. The van der Waals surface area contributed by atoms with Gasteiger partial charge in [-0.25, -0.2) is 4.98 Å². The van der Waals surface area contributed by atoms with Gasteiger partial charge in [-0.15, -0.1) is 0 Å². The molecule has 1 aromatic carbocycles. The second-order valence-electron chi connectivity index (χ2n) is 4.53. The Labute approximate surface area is 130 Å². The number of carbonyl (C=O) groups excluding carboxylic acids is 1. The topological polar surface area (TPSA) is 56.1 Å². The van der Waals surface area contributed by atoms with Crippen LogP contribution in [0.15, 0.2) is 36.9 Å². The van der Waals surface area contributed by atoms with Gasteiger partial charge in [-0.1, -0.05) is 11.6 Å². The summed E-state index contributed by atoms with van der Waals surface area (Å²) in [6.45, 7) is -1.22. The number of ether oxygens (including phenoxy) is 1. The highest BCUT2D eigenvalue weighted by atomic mass is 35.5. The zero-order valence-corrected chi connectivity index (χ0v) is 12.4. The van der Waals surface area contributed by atoms with Crippen molar-refractivity contribution in [2.45, 2.75) is 26.1 Å². The van der Waals surface area contributed by atoms with Gasteiger partial charge in [0.15, 0.2) is 0 Å². The Balaban J connectivity index is 2.04. The molecular weight excluding hydrogens is 316 g/mol. The SMILES string of the molecule is C[C@H](C(=O)NCc1cc(Cl)ccc1OC(F)F)n1ccnc1. The third kappa shape index (κ3) is 4.17. The molecule has 0 aliphatic rings. The summed E-state index contributed by atoms with van der Waals surface area (Å²) in [6, 6.07) is 3.79. The summed E-state index contributed by atoms with van der Waals surface area (Å²) < 4.78 is 30.8. The van der Waals surface area contributed by atoms with Gasteiger partial charge in [-0.05, 0) is 25.1 Å². The van der Waals surface area contributed by atoms with E-state index < -0.39 is 12.7 Å². The minimum atomic E-state index is -2.94. The van der Waals surface area contributed by atoms with Gasteiger partial charge in [0.2, 0.25) is 5.91 Å². The number of hydrogen-bond donors (Lipinski definition) is 1. The lowest BCUT2D eigenvalue weighted by Gasteiger charge is -2.15. The summed E-state index contributed by atoms with van der Waals surface area (Å²) in [5, 5.41) is 3.03. The average molecular weight is 330 g/mol. The van der Waals surface area contributed by atoms with Crippen molar-refractivity contribution in [2.24, 2.45) is 0 Å². The first kappa shape index (κ1) is 16.2. The monoisotopic (exact) mass is 329 g/mol. The van der Waals surface area contributed by atoms with Crippen molar-refractivity contribution in [1.82, 2.24) is 14.9 Å². The van der Waals surface area contributed by atoms with Crippen molar-refractivity contribution >= 4 is 17.5 Å². The van der Waals surface area contributed by atoms with Crippen LogP contribution in [0.5, 0.6) is 5.75 Å². The summed E-state index contributed by atoms with van der Waals surface area (Å²) in [5.74, 6) is -0.295. The highest BCUT2D eigenvalue weighted by molar-refractivity contribution is 6.30. The number of amides is 1. The van der Waals surface area contributed by atoms with Crippen molar-refractivity contribution in [3.8, 4) is 5.75 Å². The number of rotatable bonds is 6. The van der Waals surface area contributed by atoms with Crippen LogP contribution < -0.4 is 10.1 Å². The number of hydrogen-bond acceptors (Lipinski definition) is 3. The highest BCUT2D eigenvalue weighted by Gasteiger charge is 2.16. The summed E-state index contributed by atoms with van der Waals surface area (Å²) in [7, 11) is 0. The smallest absolute Gasteiger partial charge is 0.387 e. The maximum absolute atomic E-state index is 12.4. The molecule has 8 heteroatoms. The van der Waals surface area contributed by atoms with E-state index in [1.807, 2.05) is 0 Å². The molecule has 1 atom stereocenters. The first-order valence-electron chi connectivity index (χ1n) is 6.45. The largest absolute Gasteiger partial charge is 0.434 e. The second kappa shape index (κ2) is 7.22. The van der Waals surface area contributed by atoms with Gasteiger partial charge in [0.1, 0.15) is 11.8 Å². The number of nitrogens with zero attached hydrogens (tertiary/aromatic N) is 2. The minimum absolute atomic E-state index is 0.0185. The van der Waals surface area contributed by atoms with Gasteiger partial charge in [-0.2, -0.15) is 8.78 Å². The fraction of sp³-hybridized carbons (Fsp3) is 0.286. The standard InChI is InChI=1S/C14H14ClF2N3O2/c1-9(20-5-4-18-8-20)13(21)19-7-10-6-11(15)2-3-12(10)22-14(16)17/h2-6,8-9,14H,7H2,1H3,(H,19,21)/t9-/m1/s1. The van der Waals surface area contributed by atoms with Gasteiger partial charge < -0.3 is 14.6 Å². The molecular formula is C14H14ClF2N3O2. The molecule has 1 amide bonds. The maximum Gasteiger partial charge on any atom is 0.387 e. The van der Waals surface area contributed by atoms with Gasteiger partial charge in [0, 0.05) is 29.5 Å². The summed E-state index contributed by atoms with van der Waals surface area (Å²) in [4.78, 5) is 15.9. The van der Waals surface area contributed by atoms with Crippen LogP contribution in [0.25, 0.3) is 0 Å². The molecule has 1 N–H and O–H groups in total. The number of halogens is 3. The molecule has 0 spiro atoms. The van der Waals surface area contributed by atoms with E-state index in [-0.39, 0.29) is 18.2 Å². The molecule has 0 saturated carbocycles. The van der Waals surface area contributed by atoms with E-state index in [9.17, 15) is 13.6 Å². The summed E-state index contributed by atoms with van der Waals surface area (Å²) >= 11 is 5.84. The lowest BCUT2D eigenvalue weighted by molar-refractivity contribution is -0.124. The van der Waals surface area contributed by atoms with Crippen molar-refractivity contribution in [2.75, 3.05) is 0 Å². The fourth-order valence-electron chi connectivity index (χ4n) is 1.86. The molecule has 0 aliphatic heterocycles. The first-order valence-corrected chi connectivity index (χ1v) is 6.83. The molecule has 0 fully saturated rings. The van der Waals surface area contributed by atoms with E-state index in [1.165, 1.54) is 24.5 Å². The number of carbonyl (C=O) groups is 1. The Hall–Kier alpha value is -2.15. The number of imidazole rings is 1. The Morgan fingerprint density at radius 1 is 1.50 bits per heavy atom. The Bertz CT molecular complexity index is 635. The van der Waals surface area contributed by atoms with E-state index in [0.29, 0.717) is 10.6 Å². The summed E-state index contributed by atoms with van der Waals surface area (Å²) in [5.41, 5.74) is 0.374. The van der Waals surface area contributed by atoms with Gasteiger partial charge in [0.25, 0.3) is 0 Å². The third-order valence-electron chi connectivity index (χ3n) is 3.04. The first-order chi connectivity index (χ1) is 10.5. The van der Waals surface area contributed by atoms with Crippen molar-refractivity contribution in [1.29, 1.82) is 0 Å². The van der Waals surface area contributed by atoms with E-state index in [2.05, 4.69) is 15.0 Å². The van der Waals surface area contributed by atoms with Gasteiger partial charge in [0.05, 0.1) is 6.33 Å². The molecule has 0 aliphatic carbocycles. The van der Waals surface area contributed by atoms with Crippen LogP contribution in [0.2, 0.25) is 5.02 Å². The Morgan fingerprint density at radius 2 is 2.27 bits per heavy atom. The van der Waals surface area contributed by atoms with Gasteiger partial charge in [-0.3, -0.25) is 4.79 Å². The third-order valence-corrected chi connectivity index (χ3v) is 3.28. The van der Waals surface area contributed by atoms with Crippen LogP contribution in [0.4, 0.5) is 8.78 Å². The molecule has 118 valence electrons. The number of nitrogens with one attached hydrogen (secondary N) is 1. The molecule has 0 saturated heterocycles. The van der Waals surface area contributed by atoms with Crippen LogP contribution in [0.1, 0.15) is 18.5 Å². The zero-order chi connectivity index (χ0) is 16.1. The van der Waals surface area contributed by atoms with Gasteiger partial charge >= 0.3 is 6.61 Å². The fourth-order valence-corrected chi connectivity index (χ4v) is 2.06. The molecule has 1 aromatic heterocycles. The lowest BCUT2D eigenvalue weighted by Crippen LogP contribution is -2.30. The Kier molecular flexibility index (Phi) is 5.32. The molecule has 22 heavy (non-hydrogen) atoms. The van der Waals surface area contributed by atoms with Crippen molar-refractivity contribution < 1.29 is 18.3 Å². The van der Waals surface area contributed by atoms with Crippen molar-refractivity contribution in [3.63, 3.8) is 0 Å². The molecule has 0 bridgehead atoms. The quantitative estimate of drug-likeness (QED) is 0.886. The van der Waals surface area contributed by atoms with E-state index >= 15 is 0 Å². The van der Waals surface area contributed by atoms with Crippen LogP contribution in [0.3, 0.4) is 0 Å². The van der Waals surface area contributed by atoms with E-state index in [0.717, 1.165) is 0 Å². The molecule has 0 unspecified atom stereocenters. The minimum Gasteiger partial charge on any atom is -0.434 e. The molecule has 2 rings (SSSR count). The van der Waals surface area contributed by atoms with E-state index in [1.54, 1.807) is 23.9 Å². The van der Waals surface area contributed by atoms with Crippen molar-refractivity contribution in [3.05, 3.63) is 47.5 Å². The second-order valence-corrected chi connectivity index (χ2v) is 4.97. The normalized spacial score (nSPS) is 12.2. The molecule has 5 nitrogen and oxygen atoms in total. The lowest BCUT2D eigenvalue weighted by atomic mass is 10.2. The average Bonchev–Trinajstić information content (AvgIpc) is 3.00. The van der Waals surface area contributed by atoms with Crippen LogP contribution in [-0.4, -0.2) is 22.1 Å². The predicted molar refractivity (Wildman–Crippen MR) is 76.9 cm³/mol. The molecule has 1 heterocycles. The molecule has 0 radical (unpaired) electrons.